The van der Waals surface area contributed by atoms with E-state index in [4.69, 9.17) is 4.42 Å². The van der Waals surface area contributed by atoms with Gasteiger partial charge in [-0.25, -0.2) is 4.79 Å². The second-order valence-electron chi connectivity index (χ2n) is 5.16. The minimum Gasteiger partial charge on any atom is -0.507 e. The normalized spacial score (nSPS) is 11.1. The van der Waals surface area contributed by atoms with E-state index in [1.807, 2.05) is 30.3 Å². The zero-order chi connectivity index (χ0) is 15.1. The number of hydrogen-bond acceptors (Lipinski definition) is 3. The van der Waals surface area contributed by atoms with Gasteiger partial charge in [-0.2, -0.15) is 0 Å². The highest BCUT2D eigenvalue weighted by molar-refractivity contribution is 6.06. The van der Waals surface area contributed by atoms with Gasteiger partial charge in [0.1, 0.15) is 11.3 Å². The number of benzene rings is 3. The van der Waals surface area contributed by atoms with Gasteiger partial charge in [0.05, 0.1) is 5.56 Å². The topological polar surface area (TPSA) is 50.4 Å². The smallest absolute Gasteiger partial charge is 0.344 e. The van der Waals surface area contributed by atoms with Crippen LogP contribution >= 0.6 is 0 Å². The molecule has 0 unspecified atom stereocenters. The molecule has 0 saturated heterocycles. The maximum Gasteiger partial charge on any atom is 0.344 e. The molecule has 3 heteroatoms. The molecule has 1 heterocycles. The van der Waals surface area contributed by atoms with Crippen LogP contribution < -0.4 is 5.63 Å². The molecular weight excluding hydrogens is 276 g/mol. The summed E-state index contributed by atoms with van der Waals surface area (Å²) in [6, 6.07) is 20.2. The van der Waals surface area contributed by atoms with Crippen LogP contribution in [-0.4, -0.2) is 5.11 Å². The third kappa shape index (κ3) is 1.87. The first-order valence-corrected chi connectivity index (χ1v) is 6.98. The second-order valence-corrected chi connectivity index (χ2v) is 5.16. The van der Waals surface area contributed by atoms with Crippen molar-refractivity contribution >= 4 is 21.7 Å². The third-order valence-corrected chi connectivity index (χ3v) is 3.84. The molecule has 0 amide bonds. The van der Waals surface area contributed by atoms with Crippen molar-refractivity contribution in [3.8, 4) is 16.9 Å². The molecule has 0 bridgehead atoms. The summed E-state index contributed by atoms with van der Waals surface area (Å²) in [6.45, 7) is 0. The fourth-order valence-electron chi connectivity index (χ4n) is 2.76. The van der Waals surface area contributed by atoms with Gasteiger partial charge in [-0.05, 0) is 29.0 Å². The zero-order valence-electron chi connectivity index (χ0n) is 11.6. The molecule has 4 rings (SSSR count). The van der Waals surface area contributed by atoms with E-state index < -0.39 is 5.63 Å². The number of fused-ring (bicyclic) bond motifs is 3. The van der Waals surface area contributed by atoms with Crippen LogP contribution in [0, 0.1) is 0 Å². The third-order valence-electron chi connectivity index (χ3n) is 3.84. The highest BCUT2D eigenvalue weighted by atomic mass is 16.4. The summed E-state index contributed by atoms with van der Waals surface area (Å²) in [4.78, 5) is 12.2. The van der Waals surface area contributed by atoms with E-state index in [0.29, 0.717) is 16.7 Å². The molecule has 22 heavy (non-hydrogen) atoms. The molecule has 106 valence electrons. The Balaban J connectivity index is 2.13. The Hall–Kier alpha value is -3.07. The zero-order valence-corrected chi connectivity index (χ0v) is 11.6. The number of phenolic OH excluding ortho intramolecular Hbond substituents is 1. The molecule has 4 aromatic rings. The van der Waals surface area contributed by atoms with Gasteiger partial charge < -0.3 is 9.52 Å². The predicted molar refractivity (Wildman–Crippen MR) is 87.1 cm³/mol. The van der Waals surface area contributed by atoms with Gasteiger partial charge in [0.15, 0.2) is 0 Å². The largest absolute Gasteiger partial charge is 0.507 e. The quantitative estimate of drug-likeness (QED) is 0.419. The summed E-state index contributed by atoms with van der Waals surface area (Å²) < 4.78 is 5.44. The molecule has 0 atom stereocenters. The molecule has 3 aromatic carbocycles. The Labute approximate surface area is 126 Å². The number of aromatic hydroxyl groups is 1. The van der Waals surface area contributed by atoms with E-state index in [2.05, 4.69) is 0 Å². The Morgan fingerprint density at radius 2 is 1.55 bits per heavy atom. The van der Waals surface area contributed by atoms with Crippen molar-refractivity contribution in [2.24, 2.45) is 0 Å². The Kier molecular flexibility index (Phi) is 2.73. The van der Waals surface area contributed by atoms with E-state index >= 15 is 0 Å². The van der Waals surface area contributed by atoms with Crippen LogP contribution in [-0.2, 0) is 0 Å². The van der Waals surface area contributed by atoms with Gasteiger partial charge in [-0.3, -0.25) is 0 Å². The van der Waals surface area contributed by atoms with Gasteiger partial charge in [-0.1, -0.05) is 48.5 Å². The lowest BCUT2D eigenvalue weighted by atomic mass is 10.0. The van der Waals surface area contributed by atoms with Crippen molar-refractivity contribution in [1.29, 1.82) is 0 Å². The monoisotopic (exact) mass is 288 g/mol. The van der Waals surface area contributed by atoms with E-state index in [9.17, 15) is 9.90 Å². The van der Waals surface area contributed by atoms with Gasteiger partial charge in [0, 0.05) is 10.9 Å². The molecule has 1 N–H and O–H groups in total. The summed E-state index contributed by atoms with van der Waals surface area (Å²) in [5, 5.41) is 12.9. The van der Waals surface area contributed by atoms with Crippen LogP contribution in [0.5, 0.6) is 5.75 Å². The molecule has 0 aliphatic heterocycles. The average molecular weight is 288 g/mol. The van der Waals surface area contributed by atoms with Crippen molar-refractivity contribution < 1.29 is 9.52 Å². The highest BCUT2D eigenvalue weighted by Gasteiger charge is 2.12. The summed E-state index contributed by atoms with van der Waals surface area (Å²) in [6.07, 6.45) is 0. The number of rotatable bonds is 1. The van der Waals surface area contributed by atoms with Gasteiger partial charge >= 0.3 is 5.63 Å². The van der Waals surface area contributed by atoms with Gasteiger partial charge in [0.25, 0.3) is 0 Å². The SMILES string of the molecule is O=c1oc2ccc3ccccc3c2cc1-c1ccccc1O. The summed E-state index contributed by atoms with van der Waals surface area (Å²) in [7, 11) is 0. The van der Waals surface area contributed by atoms with Crippen LogP contribution in [0.15, 0.2) is 75.9 Å². The highest BCUT2D eigenvalue weighted by Crippen LogP contribution is 2.31. The lowest BCUT2D eigenvalue weighted by Crippen LogP contribution is -2.02. The minimum atomic E-state index is -0.454. The maximum absolute atomic E-state index is 12.2. The lowest BCUT2D eigenvalue weighted by molar-refractivity contribution is 0.476. The molecule has 0 aliphatic carbocycles. The van der Waals surface area contributed by atoms with E-state index in [0.717, 1.165) is 16.2 Å². The number of phenols is 1. The van der Waals surface area contributed by atoms with Crippen LogP contribution in [0.3, 0.4) is 0 Å². The van der Waals surface area contributed by atoms with Crippen LogP contribution in [0.25, 0.3) is 32.9 Å². The van der Waals surface area contributed by atoms with Crippen LogP contribution in [0.2, 0.25) is 0 Å². The Bertz CT molecular complexity index is 1060. The second kappa shape index (κ2) is 4.74. The van der Waals surface area contributed by atoms with Crippen molar-refractivity contribution in [1.82, 2.24) is 0 Å². The molecule has 0 aliphatic rings. The van der Waals surface area contributed by atoms with Crippen LogP contribution in [0.4, 0.5) is 0 Å². The first-order chi connectivity index (χ1) is 10.7. The maximum atomic E-state index is 12.2. The average Bonchev–Trinajstić information content (AvgIpc) is 2.55. The van der Waals surface area contributed by atoms with Gasteiger partial charge in [0.2, 0.25) is 0 Å². The fraction of sp³-hybridized carbons (Fsp3) is 0. The van der Waals surface area contributed by atoms with Crippen molar-refractivity contribution in [3.05, 3.63) is 77.2 Å². The Morgan fingerprint density at radius 1 is 0.773 bits per heavy atom. The molecule has 3 nitrogen and oxygen atoms in total. The summed E-state index contributed by atoms with van der Waals surface area (Å²) in [5.74, 6) is 0.0642. The predicted octanol–water partition coefficient (Wildman–Crippen LogP) is 4.32. The van der Waals surface area contributed by atoms with Crippen molar-refractivity contribution in [3.63, 3.8) is 0 Å². The number of hydrogen-bond donors (Lipinski definition) is 1. The van der Waals surface area contributed by atoms with E-state index in [1.54, 1.807) is 36.4 Å². The molecular formula is C19H12O3. The summed E-state index contributed by atoms with van der Waals surface area (Å²) >= 11 is 0. The number of para-hydroxylation sites is 1. The molecule has 0 fully saturated rings. The van der Waals surface area contributed by atoms with Crippen LogP contribution in [0.1, 0.15) is 0 Å². The lowest BCUT2D eigenvalue weighted by Gasteiger charge is -2.07. The van der Waals surface area contributed by atoms with E-state index in [-0.39, 0.29) is 5.75 Å². The molecule has 0 saturated carbocycles. The standard InChI is InChI=1S/C19H12O3/c20-17-8-4-3-7-14(17)16-11-15-13-6-2-1-5-12(13)9-10-18(15)22-19(16)21/h1-11,20H. The first kappa shape index (κ1) is 12.7. The Morgan fingerprint density at radius 3 is 2.41 bits per heavy atom. The van der Waals surface area contributed by atoms with Crippen molar-refractivity contribution in [2.45, 2.75) is 0 Å². The fourth-order valence-corrected chi connectivity index (χ4v) is 2.76. The van der Waals surface area contributed by atoms with Crippen molar-refractivity contribution in [2.75, 3.05) is 0 Å². The summed E-state index contributed by atoms with van der Waals surface area (Å²) in [5.41, 5.74) is 0.931. The molecule has 1 aromatic heterocycles. The first-order valence-electron chi connectivity index (χ1n) is 6.98. The molecule has 0 spiro atoms. The van der Waals surface area contributed by atoms with E-state index in [1.165, 1.54) is 0 Å². The van der Waals surface area contributed by atoms with Gasteiger partial charge in [-0.15, -0.1) is 0 Å². The minimum absolute atomic E-state index is 0.0642. The molecule has 0 radical (unpaired) electrons.